The summed E-state index contributed by atoms with van der Waals surface area (Å²) in [6.45, 7) is 0.615. The molecule has 0 aromatic heterocycles. The molecule has 0 spiro atoms. The summed E-state index contributed by atoms with van der Waals surface area (Å²) in [5, 5.41) is 11.7. The van der Waals surface area contributed by atoms with E-state index in [4.69, 9.17) is 9.47 Å². The van der Waals surface area contributed by atoms with Crippen molar-refractivity contribution >= 4 is 17.4 Å². The highest BCUT2D eigenvalue weighted by Gasteiger charge is 2.22. The molecule has 0 saturated heterocycles. The predicted molar refractivity (Wildman–Crippen MR) is 81.5 cm³/mol. The Kier molecular flexibility index (Phi) is 4.65. The first kappa shape index (κ1) is 14.7. The minimum atomic E-state index is -0.344. The second kappa shape index (κ2) is 6.66. The summed E-state index contributed by atoms with van der Waals surface area (Å²) in [6, 6.07) is 3.21. The Labute approximate surface area is 128 Å². The number of nitro groups is 1. The molecule has 1 aromatic rings. The van der Waals surface area contributed by atoms with Gasteiger partial charge in [-0.05, 0) is 12.8 Å². The molecule has 0 unspecified atom stereocenters. The number of nitro benzene ring substituents is 1. The smallest absolute Gasteiger partial charge is 0.270 e. The Balaban J connectivity index is 1.78. The first-order chi connectivity index (χ1) is 10.2. The van der Waals surface area contributed by atoms with Crippen LogP contribution in [0.15, 0.2) is 12.1 Å². The van der Waals surface area contributed by atoms with Crippen molar-refractivity contribution in [3.63, 3.8) is 0 Å². The lowest BCUT2D eigenvalue weighted by molar-refractivity contribution is -0.385. The van der Waals surface area contributed by atoms with Gasteiger partial charge in [-0.25, -0.2) is 0 Å². The highest BCUT2D eigenvalue weighted by atomic mass is 32.2. The standard InChI is InChI=1S/C15H19NO4S/c17-16(18)13-6-11-8-19-10-20-15(11)12(7-13)9-21-14-4-2-1-3-5-14/h6-7,14H,1-5,8-10H2. The second-order valence-corrected chi connectivity index (χ2v) is 6.82. The Morgan fingerprint density at radius 2 is 2.10 bits per heavy atom. The Morgan fingerprint density at radius 3 is 2.86 bits per heavy atom. The molecule has 0 radical (unpaired) electrons. The van der Waals surface area contributed by atoms with Crippen LogP contribution in [0.25, 0.3) is 0 Å². The lowest BCUT2D eigenvalue weighted by Crippen LogP contribution is -2.14. The van der Waals surface area contributed by atoms with Crippen LogP contribution in [-0.4, -0.2) is 17.0 Å². The van der Waals surface area contributed by atoms with Crippen molar-refractivity contribution in [3.8, 4) is 5.75 Å². The zero-order valence-corrected chi connectivity index (χ0v) is 12.7. The van der Waals surface area contributed by atoms with E-state index in [1.165, 1.54) is 32.1 Å². The van der Waals surface area contributed by atoms with Gasteiger partial charge in [0.1, 0.15) is 5.75 Å². The minimum Gasteiger partial charge on any atom is -0.467 e. The van der Waals surface area contributed by atoms with E-state index in [2.05, 4.69) is 0 Å². The normalized spacial score (nSPS) is 18.9. The van der Waals surface area contributed by atoms with Crippen LogP contribution in [0.2, 0.25) is 0 Å². The van der Waals surface area contributed by atoms with Crippen LogP contribution in [0.5, 0.6) is 5.75 Å². The lowest BCUT2D eigenvalue weighted by atomic mass is 10.0. The van der Waals surface area contributed by atoms with Gasteiger partial charge in [0, 0.05) is 34.3 Å². The van der Waals surface area contributed by atoms with Gasteiger partial charge in [-0.3, -0.25) is 10.1 Å². The van der Waals surface area contributed by atoms with Crippen LogP contribution in [-0.2, 0) is 17.1 Å². The van der Waals surface area contributed by atoms with E-state index in [9.17, 15) is 10.1 Å². The van der Waals surface area contributed by atoms with E-state index in [1.54, 1.807) is 12.1 Å². The highest BCUT2D eigenvalue weighted by molar-refractivity contribution is 7.99. The van der Waals surface area contributed by atoms with Gasteiger partial charge in [0.15, 0.2) is 6.79 Å². The van der Waals surface area contributed by atoms with E-state index in [1.807, 2.05) is 11.8 Å². The molecule has 0 bridgehead atoms. The molecule has 0 N–H and O–H groups in total. The van der Waals surface area contributed by atoms with Gasteiger partial charge in [0.25, 0.3) is 5.69 Å². The maximum atomic E-state index is 11.1. The first-order valence-electron chi connectivity index (χ1n) is 7.36. The molecule has 1 aliphatic heterocycles. The van der Waals surface area contributed by atoms with Crippen molar-refractivity contribution in [1.29, 1.82) is 0 Å². The van der Waals surface area contributed by atoms with Gasteiger partial charge in [-0.15, -0.1) is 0 Å². The molecule has 1 heterocycles. The van der Waals surface area contributed by atoms with Crippen molar-refractivity contribution in [1.82, 2.24) is 0 Å². The van der Waals surface area contributed by atoms with Gasteiger partial charge < -0.3 is 9.47 Å². The van der Waals surface area contributed by atoms with E-state index in [0.29, 0.717) is 11.9 Å². The molecule has 0 atom stereocenters. The summed E-state index contributed by atoms with van der Waals surface area (Å²) < 4.78 is 10.8. The number of rotatable bonds is 4. The van der Waals surface area contributed by atoms with Crippen molar-refractivity contribution in [3.05, 3.63) is 33.4 Å². The molecule has 1 aromatic carbocycles. The van der Waals surface area contributed by atoms with Gasteiger partial charge in [0.05, 0.1) is 11.5 Å². The van der Waals surface area contributed by atoms with E-state index in [-0.39, 0.29) is 17.4 Å². The molecule has 3 rings (SSSR count). The van der Waals surface area contributed by atoms with E-state index in [0.717, 1.165) is 22.6 Å². The number of nitrogens with zero attached hydrogens (tertiary/aromatic N) is 1. The summed E-state index contributed by atoms with van der Waals surface area (Å²) in [6.07, 6.45) is 6.45. The van der Waals surface area contributed by atoms with Gasteiger partial charge in [-0.1, -0.05) is 19.3 Å². The zero-order chi connectivity index (χ0) is 14.7. The minimum absolute atomic E-state index is 0.127. The van der Waals surface area contributed by atoms with Gasteiger partial charge in [0.2, 0.25) is 0 Å². The molecule has 5 nitrogen and oxygen atoms in total. The third kappa shape index (κ3) is 3.49. The van der Waals surface area contributed by atoms with Crippen LogP contribution in [0, 0.1) is 10.1 Å². The topological polar surface area (TPSA) is 61.6 Å². The van der Waals surface area contributed by atoms with Crippen molar-refractivity contribution < 1.29 is 14.4 Å². The molecular formula is C15H19NO4S. The monoisotopic (exact) mass is 309 g/mol. The Morgan fingerprint density at radius 1 is 1.29 bits per heavy atom. The van der Waals surface area contributed by atoms with Crippen molar-refractivity contribution in [2.24, 2.45) is 0 Å². The molecule has 1 fully saturated rings. The average molecular weight is 309 g/mol. The second-order valence-electron chi connectivity index (χ2n) is 5.53. The average Bonchev–Trinajstić information content (AvgIpc) is 2.53. The van der Waals surface area contributed by atoms with E-state index >= 15 is 0 Å². The summed E-state index contributed by atoms with van der Waals surface area (Å²) >= 11 is 1.90. The summed E-state index contributed by atoms with van der Waals surface area (Å²) in [7, 11) is 0. The molecule has 21 heavy (non-hydrogen) atoms. The molecular weight excluding hydrogens is 290 g/mol. The third-order valence-electron chi connectivity index (χ3n) is 4.01. The molecule has 0 amide bonds. The van der Waals surface area contributed by atoms with Gasteiger partial charge >= 0.3 is 0 Å². The summed E-state index contributed by atoms with van der Waals surface area (Å²) in [5.41, 5.74) is 1.84. The fourth-order valence-electron chi connectivity index (χ4n) is 2.93. The van der Waals surface area contributed by atoms with Crippen LogP contribution in [0.3, 0.4) is 0 Å². The Hall–Kier alpha value is -1.27. The summed E-state index contributed by atoms with van der Waals surface area (Å²) in [5.74, 6) is 1.56. The fraction of sp³-hybridized carbons (Fsp3) is 0.600. The van der Waals surface area contributed by atoms with Crippen molar-refractivity contribution in [2.45, 2.75) is 49.7 Å². The Bertz CT molecular complexity index is 529. The SMILES string of the molecule is O=[N+]([O-])c1cc2c(c(CSC3CCCCC3)c1)OCOC2. The maximum absolute atomic E-state index is 11.1. The maximum Gasteiger partial charge on any atom is 0.270 e. The number of non-ortho nitro benzene ring substituents is 1. The fourth-order valence-corrected chi connectivity index (χ4v) is 4.23. The zero-order valence-electron chi connectivity index (χ0n) is 11.9. The van der Waals surface area contributed by atoms with Gasteiger partial charge in [-0.2, -0.15) is 11.8 Å². The molecule has 2 aliphatic rings. The molecule has 1 aliphatic carbocycles. The van der Waals surface area contributed by atoms with Crippen LogP contribution < -0.4 is 4.74 Å². The number of benzene rings is 1. The van der Waals surface area contributed by atoms with Crippen LogP contribution in [0.4, 0.5) is 5.69 Å². The van der Waals surface area contributed by atoms with E-state index < -0.39 is 0 Å². The summed E-state index contributed by atoms with van der Waals surface area (Å²) in [4.78, 5) is 10.7. The van der Waals surface area contributed by atoms with Crippen LogP contribution in [0.1, 0.15) is 43.2 Å². The molecule has 1 saturated carbocycles. The quantitative estimate of drug-likeness (QED) is 0.621. The lowest BCUT2D eigenvalue weighted by Gasteiger charge is -2.23. The largest absolute Gasteiger partial charge is 0.467 e. The molecule has 6 heteroatoms. The van der Waals surface area contributed by atoms with Crippen molar-refractivity contribution in [2.75, 3.05) is 6.79 Å². The number of hydrogen-bond donors (Lipinski definition) is 0. The number of thioether (sulfide) groups is 1. The highest BCUT2D eigenvalue weighted by Crippen LogP contribution is 2.37. The predicted octanol–water partition coefficient (Wildman–Crippen LogP) is 4.03. The number of ether oxygens (including phenoxy) is 2. The first-order valence-corrected chi connectivity index (χ1v) is 8.41. The van der Waals surface area contributed by atoms with Crippen LogP contribution >= 0.6 is 11.8 Å². The number of hydrogen-bond acceptors (Lipinski definition) is 5. The number of fused-ring (bicyclic) bond motifs is 1. The molecule has 114 valence electrons. The third-order valence-corrected chi connectivity index (χ3v) is 5.43.